The maximum absolute atomic E-state index is 9.21. The molecule has 0 spiro atoms. The molecular weight excluding hydrogens is 252 g/mol. The summed E-state index contributed by atoms with van der Waals surface area (Å²) in [6.07, 6.45) is -0.687. The van der Waals surface area contributed by atoms with Crippen molar-refractivity contribution in [3.05, 3.63) is 29.3 Å². The van der Waals surface area contributed by atoms with Crippen LogP contribution >= 0.6 is 11.8 Å². The SMILES string of the molecule is COc1cc(CSCC(O)CO)ccc1C(=N)N. The van der Waals surface area contributed by atoms with Gasteiger partial charge in [0.1, 0.15) is 11.6 Å². The number of ether oxygens (including phenoxy) is 1. The topological polar surface area (TPSA) is 99.6 Å². The van der Waals surface area contributed by atoms with Gasteiger partial charge >= 0.3 is 0 Å². The molecule has 0 aliphatic carbocycles. The highest BCUT2D eigenvalue weighted by molar-refractivity contribution is 7.98. The zero-order valence-corrected chi connectivity index (χ0v) is 11.0. The number of amidine groups is 1. The van der Waals surface area contributed by atoms with Crippen LogP contribution in [0.25, 0.3) is 0 Å². The van der Waals surface area contributed by atoms with Gasteiger partial charge in [-0.25, -0.2) is 0 Å². The quantitative estimate of drug-likeness (QED) is 0.429. The second-order valence-corrected chi connectivity index (χ2v) is 4.83. The largest absolute Gasteiger partial charge is 0.496 e. The molecule has 0 aliphatic rings. The van der Waals surface area contributed by atoms with Crippen molar-refractivity contribution in [3.63, 3.8) is 0 Å². The summed E-state index contributed by atoms with van der Waals surface area (Å²) in [7, 11) is 1.54. The first kappa shape index (κ1) is 14.8. The Bertz CT molecular complexity index is 412. The average Bonchev–Trinajstić information content (AvgIpc) is 2.37. The molecule has 100 valence electrons. The van der Waals surface area contributed by atoms with Crippen LogP contribution in [0.3, 0.4) is 0 Å². The van der Waals surface area contributed by atoms with E-state index in [-0.39, 0.29) is 12.4 Å². The van der Waals surface area contributed by atoms with E-state index >= 15 is 0 Å². The summed E-state index contributed by atoms with van der Waals surface area (Å²) in [6.45, 7) is -0.223. The molecule has 0 heterocycles. The number of rotatable bonds is 7. The van der Waals surface area contributed by atoms with Gasteiger partial charge in [0.15, 0.2) is 0 Å². The zero-order chi connectivity index (χ0) is 13.5. The van der Waals surface area contributed by atoms with Crippen LogP contribution in [0.15, 0.2) is 18.2 Å². The summed E-state index contributed by atoms with van der Waals surface area (Å²) in [4.78, 5) is 0. The predicted octanol–water partition coefficient (Wildman–Crippen LogP) is 0.566. The minimum atomic E-state index is -0.687. The highest BCUT2D eigenvalue weighted by Crippen LogP contribution is 2.22. The third-order valence-corrected chi connectivity index (χ3v) is 3.50. The lowest BCUT2D eigenvalue weighted by Gasteiger charge is -2.10. The highest BCUT2D eigenvalue weighted by atomic mass is 32.2. The number of nitrogen functional groups attached to an aromatic ring is 1. The lowest BCUT2D eigenvalue weighted by Crippen LogP contribution is -2.14. The van der Waals surface area contributed by atoms with Crippen molar-refractivity contribution in [1.82, 2.24) is 0 Å². The Labute approximate surface area is 110 Å². The molecule has 1 atom stereocenters. The first-order chi connectivity index (χ1) is 8.58. The van der Waals surface area contributed by atoms with Crippen molar-refractivity contribution >= 4 is 17.6 Å². The number of thioether (sulfide) groups is 1. The molecule has 5 nitrogen and oxygen atoms in total. The zero-order valence-electron chi connectivity index (χ0n) is 10.2. The molecule has 18 heavy (non-hydrogen) atoms. The highest BCUT2D eigenvalue weighted by Gasteiger charge is 2.08. The summed E-state index contributed by atoms with van der Waals surface area (Å²) in [5.41, 5.74) is 7.03. The Kier molecular flexibility index (Phi) is 5.97. The van der Waals surface area contributed by atoms with Gasteiger partial charge < -0.3 is 20.7 Å². The standard InChI is InChI=1S/C12H18N2O3S/c1-17-11-4-8(2-3-10(11)12(13)14)6-18-7-9(16)5-15/h2-4,9,15-16H,5-7H2,1H3,(H3,13,14). The van der Waals surface area contributed by atoms with Crippen LogP contribution in [0.5, 0.6) is 5.75 Å². The third-order valence-electron chi connectivity index (χ3n) is 2.35. The van der Waals surface area contributed by atoms with E-state index in [9.17, 15) is 5.11 Å². The van der Waals surface area contributed by atoms with Crippen molar-refractivity contribution in [3.8, 4) is 5.75 Å². The van der Waals surface area contributed by atoms with Crippen LogP contribution in [0.1, 0.15) is 11.1 Å². The van der Waals surface area contributed by atoms with Crippen LogP contribution in [0.2, 0.25) is 0 Å². The van der Waals surface area contributed by atoms with Gasteiger partial charge in [0.25, 0.3) is 0 Å². The van der Waals surface area contributed by atoms with Crippen LogP contribution in [0.4, 0.5) is 0 Å². The number of aliphatic hydroxyl groups excluding tert-OH is 2. The maximum atomic E-state index is 9.21. The van der Waals surface area contributed by atoms with Crippen molar-refractivity contribution < 1.29 is 14.9 Å². The summed E-state index contributed by atoms with van der Waals surface area (Å²) in [5.74, 6) is 1.73. The van der Waals surface area contributed by atoms with Gasteiger partial charge in [-0.1, -0.05) is 6.07 Å². The molecule has 1 aromatic rings. The lowest BCUT2D eigenvalue weighted by molar-refractivity contribution is 0.113. The number of methoxy groups -OCH3 is 1. The number of hydrogen-bond donors (Lipinski definition) is 4. The molecule has 0 radical (unpaired) electrons. The molecule has 5 N–H and O–H groups in total. The second kappa shape index (κ2) is 7.25. The van der Waals surface area contributed by atoms with Crippen molar-refractivity contribution in [1.29, 1.82) is 5.41 Å². The molecule has 0 aromatic heterocycles. The number of aliphatic hydroxyl groups is 2. The third kappa shape index (κ3) is 4.21. The molecule has 1 aromatic carbocycles. The first-order valence-electron chi connectivity index (χ1n) is 5.46. The van der Waals surface area contributed by atoms with E-state index in [4.69, 9.17) is 21.0 Å². The van der Waals surface area contributed by atoms with E-state index in [0.29, 0.717) is 22.8 Å². The summed E-state index contributed by atoms with van der Waals surface area (Å²) in [5, 5.41) is 25.3. The van der Waals surface area contributed by atoms with Gasteiger partial charge in [-0.05, 0) is 17.7 Å². The molecule has 0 saturated heterocycles. The lowest BCUT2D eigenvalue weighted by atomic mass is 10.1. The molecule has 6 heteroatoms. The molecule has 1 unspecified atom stereocenters. The molecule has 0 amide bonds. The van der Waals surface area contributed by atoms with Gasteiger partial charge in [-0.15, -0.1) is 0 Å². The van der Waals surface area contributed by atoms with Crippen molar-refractivity contribution in [2.75, 3.05) is 19.5 Å². The van der Waals surface area contributed by atoms with Crippen LogP contribution in [-0.2, 0) is 5.75 Å². The molecule has 0 saturated carbocycles. The Morgan fingerprint density at radius 1 is 1.56 bits per heavy atom. The summed E-state index contributed by atoms with van der Waals surface area (Å²) in [6, 6.07) is 5.45. The Morgan fingerprint density at radius 2 is 2.28 bits per heavy atom. The fraction of sp³-hybridized carbons (Fsp3) is 0.417. The average molecular weight is 270 g/mol. The van der Waals surface area contributed by atoms with Gasteiger partial charge in [-0.2, -0.15) is 11.8 Å². The summed E-state index contributed by atoms with van der Waals surface area (Å²) >= 11 is 1.52. The number of benzene rings is 1. The van der Waals surface area contributed by atoms with Gasteiger partial charge in [0.2, 0.25) is 0 Å². The molecular formula is C12H18N2O3S. The number of nitrogens with two attached hydrogens (primary N) is 1. The van der Waals surface area contributed by atoms with E-state index in [1.807, 2.05) is 12.1 Å². The predicted molar refractivity (Wildman–Crippen MR) is 73.3 cm³/mol. The van der Waals surface area contributed by atoms with E-state index in [1.165, 1.54) is 18.9 Å². The van der Waals surface area contributed by atoms with Crippen molar-refractivity contribution in [2.24, 2.45) is 5.73 Å². The minimum Gasteiger partial charge on any atom is -0.496 e. The Balaban J connectivity index is 2.65. The Hall–Kier alpha value is -1.24. The Morgan fingerprint density at radius 3 is 2.83 bits per heavy atom. The molecule has 0 fully saturated rings. The van der Waals surface area contributed by atoms with E-state index in [2.05, 4.69) is 0 Å². The van der Waals surface area contributed by atoms with Crippen LogP contribution in [-0.4, -0.2) is 41.6 Å². The van der Waals surface area contributed by atoms with Gasteiger partial charge in [0, 0.05) is 11.5 Å². The number of nitrogens with one attached hydrogen (secondary N) is 1. The van der Waals surface area contributed by atoms with E-state index in [1.54, 1.807) is 6.07 Å². The van der Waals surface area contributed by atoms with Crippen LogP contribution < -0.4 is 10.5 Å². The second-order valence-electron chi connectivity index (χ2n) is 3.80. The molecule has 0 aliphatic heterocycles. The number of hydrogen-bond acceptors (Lipinski definition) is 5. The minimum absolute atomic E-state index is 0.0262. The normalized spacial score (nSPS) is 12.2. The maximum Gasteiger partial charge on any atom is 0.130 e. The van der Waals surface area contributed by atoms with Crippen LogP contribution in [0, 0.1) is 5.41 Å². The monoisotopic (exact) mass is 270 g/mol. The van der Waals surface area contributed by atoms with Gasteiger partial charge in [0.05, 0.1) is 25.4 Å². The van der Waals surface area contributed by atoms with E-state index in [0.717, 1.165) is 5.56 Å². The first-order valence-corrected chi connectivity index (χ1v) is 6.62. The molecule has 0 bridgehead atoms. The van der Waals surface area contributed by atoms with E-state index < -0.39 is 6.10 Å². The summed E-state index contributed by atoms with van der Waals surface area (Å²) < 4.78 is 5.18. The smallest absolute Gasteiger partial charge is 0.130 e. The fourth-order valence-corrected chi connectivity index (χ4v) is 2.32. The van der Waals surface area contributed by atoms with Gasteiger partial charge in [-0.3, -0.25) is 5.41 Å². The fourth-order valence-electron chi connectivity index (χ4n) is 1.41. The van der Waals surface area contributed by atoms with Crippen molar-refractivity contribution in [2.45, 2.75) is 11.9 Å². The molecule has 1 rings (SSSR count).